The van der Waals surface area contributed by atoms with Crippen LogP contribution in [0.3, 0.4) is 0 Å². The van der Waals surface area contributed by atoms with Crippen LogP contribution in [0.1, 0.15) is 15.9 Å². The molecular formula is C20H22F3N3O4S. The largest absolute Gasteiger partial charge is 0.573 e. The molecule has 1 amide bonds. The molecule has 31 heavy (non-hydrogen) atoms. The summed E-state index contributed by atoms with van der Waals surface area (Å²) >= 11 is 0. The summed E-state index contributed by atoms with van der Waals surface area (Å²) in [6, 6.07) is 11.6. The molecule has 1 aliphatic heterocycles. The highest BCUT2D eigenvalue weighted by Gasteiger charge is 2.31. The fraction of sp³-hybridized carbons (Fsp3) is 0.350. The second-order valence-corrected chi connectivity index (χ2v) is 8.88. The molecule has 1 saturated heterocycles. The fourth-order valence-electron chi connectivity index (χ4n) is 3.26. The molecule has 0 radical (unpaired) electrons. The monoisotopic (exact) mass is 457 g/mol. The zero-order chi connectivity index (χ0) is 22.6. The Morgan fingerprint density at radius 3 is 2.29 bits per heavy atom. The van der Waals surface area contributed by atoms with E-state index in [4.69, 9.17) is 0 Å². The van der Waals surface area contributed by atoms with E-state index >= 15 is 0 Å². The lowest BCUT2D eigenvalue weighted by molar-refractivity contribution is -0.274. The lowest BCUT2D eigenvalue weighted by Gasteiger charge is -2.34. The van der Waals surface area contributed by atoms with Crippen LogP contribution in [0.25, 0.3) is 0 Å². The number of halogens is 3. The summed E-state index contributed by atoms with van der Waals surface area (Å²) in [5.74, 6) is -0.518. The van der Waals surface area contributed by atoms with E-state index in [-0.39, 0.29) is 16.6 Å². The predicted octanol–water partition coefficient (Wildman–Crippen LogP) is 2.45. The number of benzene rings is 2. The van der Waals surface area contributed by atoms with Crippen molar-refractivity contribution in [3.63, 3.8) is 0 Å². The Labute approximate surface area is 178 Å². The minimum absolute atomic E-state index is 0.0254. The van der Waals surface area contributed by atoms with Gasteiger partial charge in [0.25, 0.3) is 5.91 Å². The summed E-state index contributed by atoms with van der Waals surface area (Å²) in [5.41, 5.74) is 1.13. The number of alkyl halides is 3. The normalized spacial score (nSPS) is 15.7. The number of hydrogen-bond donors (Lipinski definition) is 1. The van der Waals surface area contributed by atoms with Crippen molar-refractivity contribution in [3.05, 3.63) is 59.7 Å². The first-order valence-corrected chi connectivity index (χ1v) is 11.0. The van der Waals surface area contributed by atoms with Gasteiger partial charge in [-0.05, 0) is 42.9 Å². The lowest BCUT2D eigenvalue weighted by atomic mass is 10.1. The minimum atomic E-state index is -4.72. The average Bonchev–Trinajstić information content (AvgIpc) is 2.74. The first-order valence-electron chi connectivity index (χ1n) is 9.47. The lowest BCUT2D eigenvalue weighted by Crippen LogP contribution is -2.48. The van der Waals surface area contributed by atoms with Crippen LogP contribution in [0.4, 0.5) is 13.2 Å². The van der Waals surface area contributed by atoms with E-state index in [2.05, 4.69) is 14.4 Å². The first-order chi connectivity index (χ1) is 14.6. The van der Waals surface area contributed by atoms with Crippen LogP contribution >= 0.6 is 0 Å². The number of rotatable bonds is 6. The van der Waals surface area contributed by atoms with Gasteiger partial charge in [0.15, 0.2) is 0 Å². The predicted molar refractivity (Wildman–Crippen MR) is 107 cm³/mol. The molecule has 1 aliphatic rings. The molecule has 0 spiro atoms. The third kappa shape index (κ3) is 6.18. The van der Waals surface area contributed by atoms with Crippen molar-refractivity contribution in [2.24, 2.45) is 0 Å². The maximum absolute atomic E-state index is 12.8. The first kappa shape index (κ1) is 23.0. The quantitative estimate of drug-likeness (QED) is 0.721. The maximum atomic E-state index is 12.8. The Kier molecular flexibility index (Phi) is 6.87. The number of nitrogens with one attached hydrogen (secondary N) is 1. The van der Waals surface area contributed by atoms with Crippen LogP contribution in [-0.2, 0) is 16.6 Å². The fourth-order valence-corrected chi connectivity index (χ4v) is 4.04. The second-order valence-electron chi connectivity index (χ2n) is 7.00. The molecule has 2 aromatic rings. The number of sulfonamides is 1. The Hall–Kier alpha value is -2.63. The standard InChI is InChI=1S/C20H22F3N3O4S/c1-24-31(28,29)18-4-2-3-16(13-18)19(27)26-11-9-25(10-12-26)14-15-5-7-17(8-6-15)30-20(21,22)23/h2-8,13,24H,9-12,14H2,1H3. The smallest absolute Gasteiger partial charge is 0.406 e. The van der Waals surface area contributed by atoms with Gasteiger partial charge < -0.3 is 9.64 Å². The average molecular weight is 457 g/mol. The Balaban J connectivity index is 1.56. The van der Waals surface area contributed by atoms with Crippen molar-refractivity contribution in [1.29, 1.82) is 0 Å². The molecule has 2 aromatic carbocycles. The maximum Gasteiger partial charge on any atom is 0.573 e. The van der Waals surface area contributed by atoms with Crippen LogP contribution in [0.5, 0.6) is 5.75 Å². The summed E-state index contributed by atoms with van der Waals surface area (Å²) in [7, 11) is -2.34. The summed E-state index contributed by atoms with van der Waals surface area (Å²) in [6.45, 7) is 2.61. The molecular weight excluding hydrogens is 435 g/mol. The van der Waals surface area contributed by atoms with Crippen molar-refractivity contribution < 1.29 is 31.1 Å². The van der Waals surface area contributed by atoms with Crippen LogP contribution in [-0.4, -0.2) is 63.7 Å². The zero-order valence-electron chi connectivity index (χ0n) is 16.7. The van der Waals surface area contributed by atoms with Gasteiger partial charge in [0.05, 0.1) is 4.90 Å². The van der Waals surface area contributed by atoms with Gasteiger partial charge in [0.1, 0.15) is 5.75 Å². The van der Waals surface area contributed by atoms with Crippen LogP contribution in [0, 0.1) is 0 Å². The molecule has 0 bridgehead atoms. The van der Waals surface area contributed by atoms with E-state index in [9.17, 15) is 26.4 Å². The number of nitrogens with zero attached hydrogens (tertiary/aromatic N) is 2. The summed E-state index contributed by atoms with van der Waals surface area (Å²) in [5, 5.41) is 0. The zero-order valence-corrected chi connectivity index (χ0v) is 17.5. The number of piperazine rings is 1. The second kappa shape index (κ2) is 9.25. The van der Waals surface area contributed by atoms with Crippen molar-refractivity contribution in [2.75, 3.05) is 33.2 Å². The van der Waals surface area contributed by atoms with E-state index in [0.29, 0.717) is 38.3 Å². The minimum Gasteiger partial charge on any atom is -0.406 e. The van der Waals surface area contributed by atoms with Crippen molar-refractivity contribution in [2.45, 2.75) is 17.8 Å². The van der Waals surface area contributed by atoms with Gasteiger partial charge in [0.2, 0.25) is 10.0 Å². The summed E-state index contributed by atoms with van der Waals surface area (Å²) in [6.07, 6.45) is -4.72. The molecule has 0 saturated carbocycles. The molecule has 11 heteroatoms. The van der Waals surface area contributed by atoms with E-state index < -0.39 is 16.4 Å². The Bertz CT molecular complexity index is 1020. The van der Waals surface area contributed by atoms with Crippen LogP contribution in [0.2, 0.25) is 0 Å². The molecule has 0 unspecified atom stereocenters. The topological polar surface area (TPSA) is 79.0 Å². The van der Waals surface area contributed by atoms with Crippen LogP contribution < -0.4 is 9.46 Å². The van der Waals surface area contributed by atoms with E-state index in [1.54, 1.807) is 23.1 Å². The SMILES string of the molecule is CNS(=O)(=O)c1cccc(C(=O)N2CCN(Cc3ccc(OC(F)(F)F)cc3)CC2)c1. The summed E-state index contributed by atoms with van der Waals surface area (Å²) in [4.78, 5) is 16.5. The van der Waals surface area contributed by atoms with Gasteiger partial charge in [-0.25, -0.2) is 13.1 Å². The van der Waals surface area contributed by atoms with Crippen molar-refractivity contribution in [1.82, 2.24) is 14.5 Å². The molecule has 1 N–H and O–H groups in total. The third-order valence-electron chi connectivity index (χ3n) is 4.88. The van der Waals surface area contributed by atoms with Gasteiger partial charge in [-0.15, -0.1) is 13.2 Å². The van der Waals surface area contributed by atoms with Crippen molar-refractivity contribution in [3.8, 4) is 5.75 Å². The molecule has 168 valence electrons. The molecule has 3 rings (SSSR count). The number of carbonyl (C=O) groups excluding carboxylic acids is 1. The molecule has 1 fully saturated rings. The van der Waals surface area contributed by atoms with Crippen LogP contribution in [0.15, 0.2) is 53.4 Å². The van der Waals surface area contributed by atoms with E-state index in [0.717, 1.165) is 5.56 Å². The van der Waals surface area contributed by atoms with Gasteiger partial charge in [-0.3, -0.25) is 9.69 Å². The molecule has 0 atom stereocenters. The van der Waals surface area contributed by atoms with Gasteiger partial charge in [-0.2, -0.15) is 0 Å². The highest BCUT2D eigenvalue weighted by molar-refractivity contribution is 7.89. The van der Waals surface area contributed by atoms with Crippen molar-refractivity contribution >= 4 is 15.9 Å². The van der Waals surface area contributed by atoms with E-state index in [1.165, 1.54) is 37.4 Å². The number of hydrogen-bond acceptors (Lipinski definition) is 5. The van der Waals surface area contributed by atoms with Gasteiger partial charge in [0, 0.05) is 38.3 Å². The highest BCUT2D eigenvalue weighted by Crippen LogP contribution is 2.23. The number of ether oxygens (including phenoxy) is 1. The molecule has 7 nitrogen and oxygen atoms in total. The summed E-state index contributed by atoms with van der Waals surface area (Å²) < 4.78 is 66.7. The third-order valence-corrected chi connectivity index (χ3v) is 6.29. The molecule has 0 aromatic heterocycles. The van der Waals surface area contributed by atoms with Gasteiger partial charge in [-0.1, -0.05) is 18.2 Å². The number of amides is 1. The molecule has 1 heterocycles. The Morgan fingerprint density at radius 1 is 1.06 bits per heavy atom. The Morgan fingerprint density at radius 2 is 1.71 bits per heavy atom. The number of carbonyl (C=O) groups is 1. The van der Waals surface area contributed by atoms with Gasteiger partial charge >= 0.3 is 6.36 Å². The highest BCUT2D eigenvalue weighted by atomic mass is 32.2. The van der Waals surface area contributed by atoms with E-state index in [1.807, 2.05) is 0 Å². The molecule has 0 aliphatic carbocycles.